The van der Waals surface area contributed by atoms with E-state index in [2.05, 4.69) is 15.0 Å². The predicted molar refractivity (Wildman–Crippen MR) is 89.9 cm³/mol. The number of amides is 1. The average molecular weight is 361 g/mol. The molecule has 1 fully saturated rings. The van der Waals surface area contributed by atoms with Gasteiger partial charge in [0.05, 0.1) is 25.0 Å². The van der Waals surface area contributed by atoms with Gasteiger partial charge in [-0.05, 0) is 24.3 Å². The highest BCUT2D eigenvalue weighted by Crippen LogP contribution is 2.29. The minimum Gasteiger partial charge on any atom is -0.370 e. The summed E-state index contributed by atoms with van der Waals surface area (Å²) >= 11 is 6.11. The van der Waals surface area contributed by atoms with E-state index in [1.54, 1.807) is 23.1 Å². The Morgan fingerprint density at radius 3 is 3.08 bits per heavy atom. The predicted octanol–water partition coefficient (Wildman–Crippen LogP) is 2.96. The van der Waals surface area contributed by atoms with Gasteiger partial charge in [0.15, 0.2) is 5.65 Å². The number of aromatic nitrogens is 3. The van der Waals surface area contributed by atoms with Gasteiger partial charge in [-0.3, -0.25) is 4.79 Å². The maximum Gasteiger partial charge on any atom is 0.272 e. The second-order valence-corrected chi connectivity index (χ2v) is 6.15. The largest absolute Gasteiger partial charge is 0.370 e. The Kier molecular flexibility index (Phi) is 4.10. The molecule has 2 aromatic heterocycles. The summed E-state index contributed by atoms with van der Waals surface area (Å²) in [7, 11) is 0. The third-order valence-electron chi connectivity index (χ3n) is 4.16. The molecule has 0 aliphatic carbocycles. The van der Waals surface area contributed by atoms with Crippen LogP contribution in [0.25, 0.3) is 11.2 Å². The normalized spacial score (nSPS) is 17.8. The summed E-state index contributed by atoms with van der Waals surface area (Å²) in [5.74, 6) is -0.606. The lowest BCUT2D eigenvalue weighted by Gasteiger charge is -2.33. The average Bonchev–Trinajstić information content (AvgIpc) is 3.09. The minimum absolute atomic E-state index is 0.198. The maximum absolute atomic E-state index is 13.2. The standard InChI is InChI=1S/C17H14ClFN4O2/c18-12-7-10(19)1-2-11(12)15-8-23(5-6-25-15)17(24)14-4-3-13-16(22-14)21-9-20-13/h1-4,7,9,15H,5-6,8H2,(H,20,21,22). The Bertz CT molecular complexity index is 945. The molecule has 1 N–H and O–H groups in total. The van der Waals surface area contributed by atoms with Gasteiger partial charge in [-0.15, -0.1) is 0 Å². The molecule has 0 bridgehead atoms. The third-order valence-corrected chi connectivity index (χ3v) is 4.49. The van der Waals surface area contributed by atoms with Gasteiger partial charge < -0.3 is 14.6 Å². The minimum atomic E-state index is -0.408. The van der Waals surface area contributed by atoms with E-state index in [9.17, 15) is 9.18 Å². The zero-order valence-electron chi connectivity index (χ0n) is 13.1. The number of aromatic amines is 1. The summed E-state index contributed by atoms with van der Waals surface area (Å²) in [6.07, 6.45) is 1.13. The van der Waals surface area contributed by atoms with Crippen LogP contribution in [0.1, 0.15) is 22.2 Å². The zero-order chi connectivity index (χ0) is 17.4. The molecule has 3 aromatic rings. The number of carbonyl (C=O) groups excluding carboxylic acids is 1. The lowest BCUT2D eigenvalue weighted by molar-refractivity contribution is -0.0229. The molecular formula is C17H14ClFN4O2. The Morgan fingerprint density at radius 1 is 1.36 bits per heavy atom. The number of hydrogen-bond donors (Lipinski definition) is 1. The molecule has 8 heteroatoms. The van der Waals surface area contributed by atoms with Crippen LogP contribution in [-0.2, 0) is 4.74 Å². The van der Waals surface area contributed by atoms with Crippen molar-refractivity contribution in [2.24, 2.45) is 0 Å². The Labute approximate surface area is 147 Å². The third kappa shape index (κ3) is 3.08. The Balaban J connectivity index is 1.56. The Hall–Kier alpha value is -2.51. The molecule has 1 aliphatic rings. The van der Waals surface area contributed by atoms with Crippen molar-refractivity contribution in [1.82, 2.24) is 19.9 Å². The van der Waals surface area contributed by atoms with Gasteiger partial charge in [-0.2, -0.15) is 0 Å². The van der Waals surface area contributed by atoms with Crippen molar-refractivity contribution in [3.05, 3.63) is 58.8 Å². The Morgan fingerprint density at radius 2 is 2.24 bits per heavy atom. The summed E-state index contributed by atoms with van der Waals surface area (Å²) in [6, 6.07) is 7.60. The molecule has 1 atom stereocenters. The number of nitrogens with one attached hydrogen (secondary N) is 1. The molecule has 6 nitrogen and oxygen atoms in total. The first kappa shape index (κ1) is 16.0. The molecule has 1 amide bonds. The number of benzene rings is 1. The van der Waals surface area contributed by atoms with E-state index in [-0.39, 0.29) is 10.9 Å². The molecule has 25 heavy (non-hydrogen) atoms. The van der Waals surface area contributed by atoms with Crippen LogP contribution in [0.3, 0.4) is 0 Å². The number of hydrogen-bond acceptors (Lipinski definition) is 4. The van der Waals surface area contributed by atoms with Crippen molar-refractivity contribution < 1.29 is 13.9 Å². The highest BCUT2D eigenvalue weighted by atomic mass is 35.5. The molecule has 1 aliphatic heterocycles. The van der Waals surface area contributed by atoms with Gasteiger partial charge in [-0.1, -0.05) is 17.7 Å². The SMILES string of the molecule is O=C(c1ccc2[nH]cnc2n1)N1CCOC(c2ccc(F)cc2Cl)C1. The monoisotopic (exact) mass is 360 g/mol. The number of nitrogens with zero attached hydrogens (tertiary/aromatic N) is 3. The van der Waals surface area contributed by atoms with Crippen molar-refractivity contribution in [2.45, 2.75) is 6.10 Å². The van der Waals surface area contributed by atoms with Crippen LogP contribution in [0, 0.1) is 5.82 Å². The van der Waals surface area contributed by atoms with Gasteiger partial charge in [-0.25, -0.2) is 14.4 Å². The number of carbonyl (C=O) groups is 1. The molecule has 0 radical (unpaired) electrons. The quantitative estimate of drug-likeness (QED) is 0.762. The fourth-order valence-electron chi connectivity index (χ4n) is 2.89. The molecule has 128 valence electrons. The molecule has 3 heterocycles. The summed E-state index contributed by atoms with van der Waals surface area (Å²) in [5.41, 5.74) is 2.26. The number of imidazole rings is 1. The summed E-state index contributed by atoms with van der Waals surface area (Å²) < 4.78 is 19.0. The molecule has 4 rings (SSSR count). The van der Waals surface area contributed by atoms with Crippen LogP contribution in [0.2, 0.25) is 5.02 Å². The van der Waals surface area contributed by atoms with Gasteiger partial charge in [0.2, 0.25) is 0 Å². The van der Waals surface area contributed by atoms with E-state index in [0.29, 0.717) is 36.6 Å². The maximum atomic E-state index is 13.2. The molecule has 1 saturated heterocycles. The lowest BCUT2D eigenvalue weighted by Crippen LogP contribution is -2.42. The summed E-state index contributed by atoms with van der Waals surface area (Å²) in [4.78, 5) is 25.7. The second kappa shape index (κ2) is 6.42. The molecule has 0 saturated carbocycles. The molecule has 0 spiro atoms. The highest BCUT2D eigenvalue weighted by molar-refractivity contribution is 6.31. The first-order chi connectivity index (χ1) is 12.1. The van der Waals surface area contributed by atoms with E-state index in [0.717, 1.165) is 5.52 Å². The van der Waals surface area contributed by atoms with E-state index >= 15 is 0 Å². The van der Waals surface area contributed by atoms with Gasteiger partial charge in [0, 0.05) is 17.1 Å². The van der Waals surface area contributed by atoms with Crippen molar-refractivity contribution in [3.8, 4) is 0 Å². The first-order valence-corrected chi connectivity index (χ1v) is 8.15. The lowest BCUT2D eigenvalue weighted by atomic mass is 10.1. The number of pyridine rings is 1. The number of fused-ring (bicyclic) bond motifs is 1. The second-order valence-electron chi connectivity index (χ2n) is 5.75. The first-order valence-electron chi connectivity index (χ1n) is 7.78. The fourth-order valence-corrected chi connectivity index (χ4v) is 3.18. The van der Waals surface area contributed by atoms with Crippen molar-refractivity contribution in [3.63, 3.8) is 0 Å². The topological polar surface area (TPSA) is 71.1 Å². The zero-order valence-corrected chi connectivity index (χ0v) is 13.8. The summed E-state index contributed by atoms with van der Waals surface area (Å²) in [6.45, 7) is 1.15. The number of morpholine rings is 1. The molecule has 1 aromatic carbocycles. The van der Waals surface area contributed by atoms with Crippen LogP contribution in [0.5, 0.6) is 0 Å². The summed E-state index contributed by atoms with van der Waals surface area (Å²) in [5, 5.41) is 0.287. The number of rotatable bonds is 2. The van der Waals surface area contributed by atoms with Crippen LogP contribution in [-0.4, -0.2) is 45.5 Å². The van der Waals surface area contributed by atoms with E-state index in [1.807, 2.05) is 0 Å². The van der Waals surface area contributed by atoms with Crippen LogP contribution >= 0.6 is 11.6 Å². The van der Waals surface area contributed by atoms with Crippen molar-refractivity contribution >= 4 is 28.7 Å². The number of halogens is 2. The van der Waals surface area contributed by atoms with E-state index < -0.39 is 11.9 Å². The highest BCUT2D eigenvalue weighted by Gasteiger charge is 2.28. The molecular weight excluding hydrogens is 347 g/mol. The van der Waals surface area contributed by atoms with Crippen LogP contribution in [0.4, 0.5) is 4.39 Å². The van der Waals surface area contributed by atoms with Gasteiger partial charge in [0.25, 0.3) is 5.91 Å². The fraction of sp³-hybridized carbons (Fsp3) is 0.235. The van der Waals surface area contributed by atoms with Crippen molar-refractivity contribution in [1.29, 1.82) is 0 Å². The van der Waals surface area contributed by atoms with Gasteiger partial charge >= 0.3 is 0 Å². The number of H-pyrrole nitrogens is 1. The van der Waals surface area contributed by atoms with Crippen molar-refractivity contribution in [2.75, 3.05) is 19.7 Å². The van der Waals surface area contributed by atoms with E-state index in [1.165, 1.54) is 18.5 Å². The molecule has 1 unspecified atom stereocenters. The smallest absolute Gasteiger partial charge is 0.272 e. The van der Waals surface area contributed by atoms with Crippen LogP contribution in [0.15, 0.2) is 36.7 Å². The van der Waals surface area contributed by atoms with Crippen LogP contribution < -0.4 is 0 Å². The number of ether oxygens (including phenoxy) is 1. The van der Waals surface area contributed by atoms with Gasteiger partial charge in [0.1, 0.15) is 17.6 Å². The van der Waals surface area contributed by atoms with E-state index in [4.69, 9.17) is 16.3 Å².